The van der Waals surface area contributed by atoms with Gasteiger partial charge in [-0.05, 0) is 17.9 Å². The molecule has 1 saturated heterocycles. The fraction of sp³-hybridized carbons (Fsp3) is 0.500. The molecule has 4 nitrogen and oxygen atoms in total. The maximum absolute atomic E-state index is 12.1. The van der Waals surface area contributed by atoms with E-state index in [1.54, 1.807) is 4.90 Å². The molecular weight excluding hydrogens is 252 g/mol. The zero-order valence-corrected chi connectivity index (χ0v) is 12.1. The maximum atomic E-state index is 12.1. The van der Waals surface area contributed by atoms with E-state index in [1.807, 2.05) is 44.2 Å². The summed E-state index contributed by atoms with van der Waals surface area (Å²) in [6, 6.07) is 9.73. The summed E-state index contributed by atoms with van der Waals surface area (Å²) in [5.74, 6) is 0.174. The Kier molecular flexibility index (Phi) is 4.77. The molecule has 108 valence electrons. The van der Waals surface area contributed by atoms with Crippen LogP contribution >= 0.6 is 0 Å². The van der Waals surface area contributed by atoms with Crippen LogP contribution in [0.2, 0.25) is 0 Å². The fourth-order valence-electron chi connectivity index (χ4n) is 2.61. The summed E-state index contributed by atoms with van der Waals surface area (Å²) in [6.45, 7) is 4.80. The molecule has 1 heterocycles. The van der Waals surface area contributed by atoms with Crippen LogP contribution in [-0.2, 0) is 16.0 Å². The zero-order chi connectivity index (χ0) is 14.5. The van der Waals surface area contributed by atoms with Gasteiger partial charge in [-0.1, -0.05) is 50.6 Å². The largest absolute Gasteiger partial charge is 0.345 e. The molecule has 1 aromatic rings. The Morgan fingerprint density at radius 2 is 2.00 bits per heavy atom. The van der Waals surface area contributed by atoms with E-state index in [4.69, 9.17) is 0 Å². The molecule has 4 heteroatoms. The van der Waals surface area contributed by atoms with Gasteiger partial charge in [0.15, 0.2) is 0 Å². The number of nitrogens with one attached hydrogen (secondary N) is 1. The molecule has 20 heavy (non-hydrogen) atoms. The van der Waals surface area contributed by atoms with Crippen molar-refractivity contribution in [2.24, 2.45) is 5.92 Å². The van der Waals surface area contributed by atoms with Crippen LogP contribution in [0.5, 0.6) is 0 Å². The van der Waals surface area contributed by atoms with E-state index >= 15 is 0 Å². The predicted molar refractivity (Wildman–Crippen MR) is 78.1 cm³/mol. The third-order valence-corrected chi connectivity index (χ3v) is 4.01. The lowest BCUT2D eigenvalue weighted by Crippen LogP contribution is -2.60. The fourth-order valence-corrected chi connectivity index (χ4v) is 2.61. The minimum absolute atomic E-state index is 0.0193. The summed E-state index contributed by atoms with van der Waals surface area (Å²) in [5, 5.41) is 2.70. The Morgan fingerprint density at radius 3 is 2.65 bits per heavy atom. The molecule has 0 aromatic heterocycles. The average Bonchev–Trinajstić information content (AvgIpc) is 2.48. The van der Waals surface area contributed by atoms with E-state index < -0.39 is 0 Å². The van der Waals surface area contributed by atoms with E-state index in [1.165, 1.54) is 5.56 Å². The highest BCUT2D eigenvalue weighted by Gasteiger charge is 2.36. The number of carbonyl (C=O) groups excluding carboxylic acids is 2. The molecule has 0 radical (unpaired) electrons. The second-order valence-corrected chi connectivity index (χ2v) is 5.37. The summed E-state index contributed by atoms with van der Waals surface area (Å²) in [5.41, 5.74) is 1.19. The van der Waals surface area contributed by atoms with E-state index in [9.17, 15) is 9.59 Å². The quantitative estimate of drug-likeness (QED) is 0.886. The van der Waals surface area contributed by atoms with Gasteiger partial charge in [0.25, 0.3) is 0 Å². The first-order valence-corrected chi connectivity index (χ1v) is 7.24. The first-order chi connectivity index (χ1) is 9.63. The molecule has 1 aromatic carbocycles. The number of nitrogens with zero attached hydrogens (tertiary/aromatic N) is 1. The molecule has 0 aliphatic carbocycles. The highest BCUT2D eigenvalue weighted by Crippen LogP contribution is 2.18. The van der Waals surface area contributed by atoms with Crippen LogP contribution in [0.15, 0.2) is 30.3 Å². The first-order valence-electron chi connectivity index (χ1n) is 7.24. The van der Waals surface area contributed by atoms with Crippen LogP contribution in [0.1, 0.15) is 25.8 Å². The van der Waals surface area contributed by atoms with Gasteiger partial charge in [-0.15, -0.1) is 0 Å². The lowest BCUT2D eigenvalue weighted by Gasteiger charge is -2.38. The minimum Gasteiger partial charge on any atom is -0.345 e. The molecule has 0 spiro atoms. The van der Waals surface area contributed by atoms with Crippen molar-refractivity contribution in [2.45, 2.75) is 32.7 Å². The Bertz CT molecular complexity index is 473. The van der Waals surface area contributed by atoms with E-state index in [0.29, 0.717) is 6.54 Å². The van der Waals surface area contributed by atoms with E-state index in [2.05, 4.69) is 5.32 Å². The van der Waals surface area contributed by atoms with Crippen LogP contribution in [0.25, 0.3) is 0 Å². The highest BCUT2D eigenvalue weighted by molar-refractivity contribution is 5.95. The number of carbonyl (C=O) groups is 2. The van der Waals surface area contributed by atoms with Crippen LogP contribution < -0.4 is 5.32 Å². The standard InChI is InChI=1S/C16H22N2O2/c1-3-12(2)15-16(20)17-11-14(19)18(15)10-9-13-7-5-4-6-8-13/h4-8,12,15H,3,9-11H2,1-2H3,(H,17,20). The van der Waals surface area contributed by atoms with Crippen molar-refractivity contribution < 1.29 is 9.59 Å². The Morgan fingerprint density at radius 1 is 1.30 bits per heavy atom. The molecule has 1 N–H and O–H groups in total. The van der Waals surface area contributed by atoms with Gasteiger partial charge in [0, 0.05) is 6.54 Å². The van der Waals surface area contributed by atoms with Crippen molar-refractivity contribution in [3.05, 3.63) is 35.9 Å². The molecule has 2 amide bonds. The number of hydrogen-bond donors (Lipinski definition) is 1. The topological polar surface area (TPSA) is 49.4 Å². The third-order valence-electron chi connectivity index (χ3n) is 4.01. The predicted octanol–water partition coefficient (Wildman–Crippen LogP) is 1.60. The molecule has 0 bridgehead atoms. The van der Waals surface area contributed by atoms with Crippen molar-refractivity contribution in [3.63, 3.8) is 0 Å². The monoisotopic (exact) mass is 274 g/mol. The van der Waals surface area contributed by atoms with Gasteiger partial charge in [-0.25, -0.2) is 0 Å². The van der Waals surface area contributed by atoms with Crippen molar-refractivity contribution >= 4 is 11.8 Å². The van der Waals surface area contributed by atoms with Crippen LogP contribution in [0.4, 0.5) is 0 Å². The second kappa shape index (κ2) is 6.55. The zero-order valence-electron chi connectivity index (χ0n) is 12.1. The molecular formula is C16H22N2O2. The summed E-state index contributed by atoms with van der Waals surface area (Å²) in [4.78, 5) is 25.9. The van der Waals surface area contributed by atoms with Crippen LogP contribution in [0, 0.1) is 5.92 Å². The van der Waals surface area contributed by atoms with Crippen LogP contribution in [-0.4, -0.2) is 35.8 Å². The van der Waals surface area contributed by atoms with Gasteiger partial charge in [0.05, 0.1) is 6.54 Å². The molecule has 2 rings (SSSR count). The Labute approximate surface area is 120 Å². The van der Waals surface area contributed by atoms with Crippen LogP contribution in [0.3, 0.4) is 0 Å². The summed E-state index contributed by atoms with van der Waals surface area (Å²) in [7, 11) is 0. The SMILES string of the molecule is CCC(C)C1C(=O)NCC(=O)N1CCc1ccccc1. The van der Waals surface area contributed by atoms with Gasteiger partial charge >= 0.3 is 0 Å². The summed E-state index contributed by atoms with van der Waals surface area (Å²) in [6.07, 6.45) is 1.67. The number of piperazine rings is 1. The van der Waals surface area contributed by atoms with Gasteiger partial charge in [0.1, 0.15) is 6.04 Å². The Balaban J connectivity index is 2.08. The molecule has 1 aliphatic heterocycles. The van der Waals surface area contributed by atoms with Gasteiger partial charge in [-0.3, -0.25) is 9.59 Å². The van der Waals surface area contributed by atoms with E-state index in [-0.39, 0.29) is 30.3 Å². The van der Waals surface area contributed by atoms with Crippen molar-refractivity contribution in [1.82, 2.24) is 10.2 Å². The normalized spacial score (nSPS) is 20.7. The van der Waals surface area contributed by atoms with Crippen molar-refractivity contribution in [1.29, 1.82) is 0 Å². The van der Waals surface area contributed by atoms with Gasteiger partial charge < -0.3 is 10.2 Å². The number of amides is 2. The smallest absolute Gasteiger partial charge is 0.243 e. The molecule has 2 atom stereocenters. The van der Waals surface area contributed by atoms with Crippen molar-refractivity contribution in [2.75, 3.05) is 13.1 Å². The maximum Gasteiger partial charge on any atom is 0.243 e. The summed E-state index contributed by atoms with van der Waals surface area (Å²) >= 11 is 0. The highest BCUT2D eigenvalue weighted by atomic mass is 16.2. The minimum atomic E-state index is -0.329. The number of benzene rings is 1. The molecule has 2 unspecified atom stereocenters. The van der Waals surface area contributed by atoms with E-state index in [0.717, 1.165) is 12.8 Å². The second-order valence-electron chi connectivity index (χ2n) is 5.37. The number of hydrogen-bond acceptors (Lipinski definition) is 2. The lowest BCUT2D eigenvalue weighted by molar-refractivity contribution is -0.147. The van der Waals surface area contributed by atoms with Gasteiger partial charge in [0.2, 0.25) is 11.8 Å². The lowest BCUT2D eigenvalue weighted by atomic mass is 9.94. The van der Waals surface area contributed by atoms with Crippen molar-refractivity contribution in [3.8, 4) is 0 Å². The molecule has 0 saturated carbocycles. The molecule has 1 fully saturated rings. The van der Waals surface area contributed by atoms with Gasteiger partial charge in [-0.2, -0.15) is 0 Å². The first kappa shape index (κ1) is 14.6. The molecule has 1 aliphatic rings. The number of rotatable bonds is 5. The summed E-state index contributed by atoms with van der Waals surface area (Å²) < 4.78 is 0. The average molecular weight is 274 g/mol. The Hall–Kier alpha value is -1.84. The third kappa shape index (κ3) is 3.18.